The van der Waals surface area contributed by atoms with E-state index in [1.807, 2.05) is 11.8 Å². The minimum Gasteiger partial charge on any atom is -0.387 e. The second-order valence-corrected chi connectivity index (χ2v) is 6.22. The van der Waals surface area contributed by atoms with Crippen LogP contribution in [-0.4, -0.2) is 21.7 Å². The summed E-state index contributed by atoms with van der Waals surface area (Å²) in [5.41, 5.74) is 2.06. The Kier molecular flexibility index (Phi) is 2.50. The number of rotatable bonds is 1. The highest BCUT2D eigenvalue weighted by Crippen LogP contribution is 2.46. The van der Waals surface area contributed by atoms with E-state index in [-0.39, 0.29) is 6.04 Å². The molecular weight excluding hydrogens is 218 g/mol. The molecule has 3 unspecified atom stereocenters. The molecule has 2 aliphatic rings. The third-order valence-electron chi connectivity index (χ3n) is 3.94. The van der Waals surface area contributed by atoms with Gasteiger partial charge in [0.15, 0.2) is 0 Å². The van der Waals surface area contributed by atoms with Crippen molar-refractivity contribution in [1.29, 1.82) is 0 Å². The van der Waals surface area contributed by atoms with Crippen LogP contribution in [0.4, 0.5) is 0 Å². The summed E-state index contributed by atoms with van der Waals surface area (Å²) in [6.07, 6.45) is 0.894. The summed E-state index contributed by atoms with van der Waals surface area (Å²) in [7, 11) is 0. The first kappa shape index (κ1) is 10.6. The summed E-state index contributed by atoms with van der Waals surface area (Å²) in [5.74, 6) is 1.07. The summed E-state index contributed by atoms with van der Waals surface area (Å²) in [6, 6.07) is 8.55. The molecular formula is C13H17NOS. The molecule has 0 aromatic heterocycles. The second kappa shape index (κ2) is 3.76. The molecule has 1 aromatic carbocycles. The lowest BCUT2D eigenvalue weighted by Gasteiger charge is -2.34. The molecule has 0 saturated carbocycles. The molecule has 0 amide bonds. The lowest BCUT2D eigenvalue weighted by molar-refractivity contribution is 0.00907. The summed E-state index contributed by atoms with van der Waals surface area (Å²) < 4.78 is 0. The van der Waals surface area contributed by atoms with Crippen LogP contribution in [0.1, 0.15) is 30.5 Å². The van der Waals surface area contributed by atoms with Crippen LogP contribution in [0.3, 0.4) is 0 Å². The highest BCUT2D eigenvalue weighted by atomic mass is 32.2. The molecule has 1 fully saturated rings. The quantitative estimate of drug-likeness (QED) is 0.782. The van der Waals surface area contributed by atoms with E-state index < -0.39 is 5.60 Å². The summed E-state index contributed by atoms with van der Waals surface area (Å²) >= 11 is 1.88. The third kappa shape index (κ3) is 1.42. The van der Waals surface area contributed by atoms with Crippen molar-refractivity contribution in [2.24, 2.45) is 0 Å². The van der Waals surface area contributed by atoms with Crippen molar-refractivity contribution in [3.05, 3.63) is 35.4 Å². The van der Waals surface area contributed by atoms with Gasteiger partial charge >= 0.3 is 0 Å². The first-order valence-electron chi connectivity index (χ1n) is 5.87. The first-order chi connectivity index (χ1) is 7.72. The molecule has 0 aliphatic carbocycles. The molecule has 3 heteroatoms. The minimum absolute atomic E-state index is 0.119. The van der Waals surface area contributed by atoms with E-state index in [4.69, 9.17) is 0 Å². The summed E-state index contributed by atoms with van der Waals surface area (Å²) in [6.45, 7) is 3.03. The van der Waals surface area contributed by atoms with Gasteiger partial charge in [-0.15, -0.1) is 0 Å². The molecule has 3 atom stereocenters. The maximum Gasteiger partial charge on any atom is 0.0964 e. The molecule has 0 bridgehead atoms. The Bertz CT molecular complexity index is 409. The number of benzene rings is 1. The zero-order valence-electron chi connectivity index (χ0n) is 9.44. The standard InChI is InChI=1S/C13H17NOS/c1-9-13(15,6-7-16-9)12-11-5-3-2-4-10(11)8-14-12/h2-5,9,12,14-15H,6-8H2,1H3. The van der Waals surface area contributed by atoms with Gasteiger partial charge in [-0.2, -0.15) is 11.8 Å². The Labute approximate surface area is 100 Å². The number of nitrogens with one attached hydrogen (secondary N) is 1. The van der Waals surface area contributed by atoms with Crippen LogP contribution < -0.4 is 5.32 Å². The van der Waals surface area contributed by atoms with E-state index in [1.54, 1.807) is 0 Å². The fourth-order valence-electron chi connectivity index (χ4n) is 2.87. The molecule has 1 aromatic rings. The lowest BCUT2D eigenvalue weighted by atomic mass is 9.84. The number of thioether (sulfide) groups is 1. The van der Waals surface area contributed by atoms with Crippen molar-refractivity contribution in [1.82, 2.24) is 5.32 Å². The van der Waals surface area contributed by atoms with E-state index in [2.05, 4.69) is 36.5 Å². The van der Waals surface area contributed by atoms with Gasteiger partial charge in [0.25, 0.3) is 0 Å². The number of fused-ring (bicyclic) bond motifs is 1. The monoisotopic (exact) mass is 235 g/mol. The fourth-order valence-corrected chi connectivity index (χ4v) is 4.21. The van der Waals surface area contributed by atoms with Crippen molar-refractivity contribution in [2.75, 3.05) is 5.75 Å². The molecule has 16 heavy (non-hydrogen) atoms. The Morgan fingerprint density at radius 2 is 2.25 bits per heavy atom. The number of aliphatic hydroxyl groups is 1. The Morgan fingerprint density at radius 3 is 3.00 bits per heavy atom. The van der Waals surface area contributed by atoms with Gasteiger partial charge in [-0.3, -0.25) is 0 Å². The van der Waals surface area contributed by atoms with Crippen molar-refractivity contribution in [3.8, 4) is 0 Å². The van der Waals surface area contributed by atoms with Gasteiger partial charge in [0.05, 0.1) is 11.6 Å². The molecule has 86 valence electrons. The topological polar surface area (TPSA) is 32.3 Å². The fraction of sp³-hybridized carbons (Fsp3) is 0.538. The Balaban J connectivity index is 1.98. The van der Waals surface area contributed by atoms with Gasteiger partial charge < -0.3 is 10.4 Å². The van der Waals surface area contributed by atoms with Crippen LogP contribution in [0, 0.1) is 0 Å². The molecule has 2 aliphatic heterocycles. The number of hydrogen-bond donors (Lipinski definition) is 2. The highest BCUT2D eigenvalue weighted by molar-refractivity contribution is 8.00. The van der Waals surface area contributed by atoms with Crippen molar-refractivity contribution < 1.29 is 5.11 Å². The van der Waals surface area contributed by atoms with Crippen molar-refractivity contribution in [2.45, 2.75) is 36.8 Å². The van der Waals surface area contributed by atoms with Gasteiger partial charge in [0.2, 0.25) is 0 Å². The van der Waals surface area contributed by atoms with Crippen LogP contribution in [-0.2, 0) is 6.54 Å². The van der Waals surface area contributed by atoms with E-state index in [0.29, 0.717) is 5.25 Å². The average molecular weight is 235 g/mol. The van der Waals surface area contributed by atoms with Crippen LogP contribution in [0.25, 0.3) is 0 Å². The molecule has 0 radical (unpaired) electrons. The molecule has 2 nitrogen and oxygen atoms in total. The molecule has 2 N–H and O–H groups in total. The van der Waals surface area contributed by atoms with Crippen LogP contribution in [0.5, 0.6) is 0 Å². The summed E-state index contributed by atoms with van der Waals surface area (Å²) in [5, 5.41) is 14.6. The van der Waals surface area contributed by atoms with Crippen molar-refractivity contribution >= 4 is 11.8 Å². The summed E-state index contributed by atoms with van der Waals surface area (Å²) in [4.78, 5) is 0. The number of hydrogen-bond acceptors (Lipinski definition) is 3. The smallest absolute Gasteiger partial charge is 0.0964 e. The lowest BCUT2D eigenvalue weighted by Crippen LogP contribution is -2.45. The predicted octanol–water partition coefficient (Wildman–Crippen LogP) is 2.09. The van der Waals surface area contributed by atoms with Gasteiger partial charge in [0.1, 0.15) is 0 Å². The van der Waals surface area contributed by atoms with Gasteiger partial charge in [-0.25, -0.2) is 0 Å². The SMILES string of the molecule is CC1SCCC1(O)C1NCc2ccccc21. The van der Waals surface area contributed by atoms with Gasteiger partial charge in [-0.1, -0.05) is 31.2 Å². The zero-order valence-corrected chi connectivity index (χ0v) is 10.3. The minimum atomic E-state index is -0.572. The van der Waals surface area contributed by atoms with Crippen LogP contribution in [0.2, 0.25) is 0 Å². The molecule has 1 saturated heterocycles. The van der Waals surface area contributed by atoms with Crippen LogP contribution in [0.15, 0.2) is 24.3 Å². The van der Waals surface area contributed by atoms with Gasteiger partial charge in [-0.05, 0) is 23.3 Å². The largest absolute Gasteiger partial charge is 0.387 e. The zero-order chi connectivity index (χ0) is 11.2. The molecule has 0 spiro atoms. The normalized spacial score (nSPS) is 37.6. The van der Waals surface area contributed by atoms with E-state index in [1.165, 1.54) is 11.1 Å². The van der Waals surface area contributed by atoms with Gasteiger partial charge in [0, 0.05) is 11.8 Å². The van der Waals surface area contributed by atoms with Crippen molar-refractivity contribution in [3.63, 3.8) is 0 Å². The predicted molar refractivity (Wildman–Crippen MR) is 67.5 cm³/mol. The van der Waals surface area contributed by atoms with E-state index in [9.17, 15) is 5.11 Å². The van der Waals surface area contributed by atoms with Crippen LogP contribution >= 0.6 is 11.8 Å². The average Bonchev–Trinajstić information content (AvgIpc) is 2.85. The Hall–Kier alpha value is -0.510. The second-order valence-electron chi connectivity index (χ2n) is 4.77. The van der Waals surface area contributed by atoms with E-state index >= 15 is 0 Å². The maximum atomic E-state index is 10.8. The third-order valence-corrected chi connectivity index (χ3v) is 5.28. The first-order valence-corrected chi connectivity index (χ1v) is 6.92. The highest BCUT2D eigenvalue weighted by Gasteiger charge is 2.48. The van der Waals surface area contributed by atoms with E-state index in [0.717, 1.165) is 18.7 Å². The molecule has 3 rings (SSSR count). The molecule has 2 heterocycles. The maximum absolute atomic E-state index is 10.8. The Morgan fingerprint density at radius 1 is 1.44 bits per heavy atom.